The maximum atomic E-state index is 12.6. The van der Waals surface area contributed by atoms with Crippen LogP contribution in [0.3, 0.4) is 0 Å². The first-order valence-electron chi connectivity index (χ1n) is 11.5. The first-order chi connectivity index (χ1) is 16.8. The van der Waals surface area contributed by atoms with Crippen molar-refractivity contribution in [2.45, 2.75) is 23.7 Å². The first-order valence-corrected chi connectivity index (χ1v) is 13.3. The highest BCUT2D eigenvalue weighted by Gasteiger charge is 2.23. The third-order valence-corrected chi connectivity index (χ3v) is 7.59. The van der Waals surface area contributed by atoms with Gasteiger partial charge in [-0.15, -0.1) is 0 Å². The number of aromatic nitrogens is 2. The number of nitrogens with zero attached hydrogens (tertiary/aromatic N) is 4. The summed E-state index contributed by atoms with van der Waals surface area (Å²) in [6.45, 7) is 2.20. The van der Waals surface area contributed by atoms with E-state index in [1.54, 1.807) is 18.3 Å². The second kappa shape index (κ2) is 9.24. The van der Waals surface area contributed by atoms with Crippen LogP contribution in [0, 0.1) is 0 Å². The predicted octanol–water partition coefficient (Wildman–Crippen LogP) is 3.83. The molecule has 2 aliphatic heterocycles. The van der Waals surface area contributed by atoms with E-state index in [1.165, 1.54) is 24.0 Å². The smallest absolute Gasteiger partial charge is 0.281 e. The van der Waals surface area contributed by atoms with Crippen molar-refractivity contribution in [3.8, 4) is 11.3 Å². The third-order valence-electron chi connectivity index (χ3n) is 6.51. The van der Waals surface area contributed by atoms with E-state index >= 15 is 0 Å². The van der Waals surface area contributed by atoms with Crippen LogP contribution < -0.4 is 10.6 Å². The lowest BCUT2D eigenvalue weighted by Gasteiger charge is -2.29. The van der Waals surface area contributed by atoms with Crippen LogP contribution in [-0.2, 0) is 9.84 Å². The number of hydrogen-bond acceptors (Lipinski definition) is 7. The molecule has 1 fully saturated rings. The molecule has 2 aromatic heterocycles. The van der Waals surface area contributed by atoms with E-state index in [0.717, 1.165) is 37.9 Å². The molecule has 1 radical (unpaired) electrons. The second-order valence-corrected chi connectivity index (χ2v) is 11.1. The molecule has 2 aliphatic rings. The molecule has 3 aromatic rings. The minimum atomic E-state index is -3.43. The minimum absolute atomic E-state index is 0.107. The Kier molecular flexibility index (Phi) is 6.12. The van der Waals surface area contributed by atoms with Crippen LogP contribution in [0.5, 0.6) is 0 Å². The topological polar surface area (TPSA) is 106 Å². The van der Waals surface area contributed by atoms with Gasteiger partial charge < -0.3 is 10.2 Å². The Morgan fingerprint density at radius 2 is 1.80 bits per heavy atom. The van der Waals surface area contributed by atoms with Crippen LogP contribution in [0.4, 0.5) is 11.5 Å². The number of anilines is 2. The van der Waals surface area contributed by atoms with Crippen molar-refractivity contribution in [2.24, 2.45) is 0 Å². The number of hydrogen-bond donors (Lipinski definition) is 1. The number of sulfone groups is 1. The van der Waals surface area contributed by atoms with Gasteiger partial charge in [0.15, 0.2) is 9.84 Å². The zero-order valence-corrected chi connectivity index (χ0v) is 20.4. The molecule has 5 rings (SSSR count). The standard InChI is InChI=1S/C26H26N5O3S/c1-31-11-8-18(9-12-31)17-3-5-21(6-4-17)29-25-24-19(7-10-28-26(24)32)14-23(30-25)20-13-22(16-27-15-20)35(2,33)34/h3-7,10,13-16,18H,8-9,11-12H2,1-2H3,(H,29,30). The fourth-order valence-electron chi connectivity index (χ4n) is 4.49. The average molecular weight is 489 g/mol. The summed E-state index contributed by atoms with van der Waals surface area (Å²) in [5.41, 5.74) is 4.20. The summed E-state index contributed by atoms with van der Waals surface area (Å²) in [6.07, 6.45) is 9.49. The van der Waals surface area contributed by atoms with E-state index < -0.39 is 9.84 Å². The van der Waals surface area contributed by atoms with Gasteiger partial charge in [0, 0.05) is 36.1 Å². The van der Waals surface area contributed by atoms with Crippen molar-refractivity contribution in [1.82, 2.24) is 20.2 Å². The Balaban J connectivity index is 1.49. The molecule has 0 spiro atoms. The first kappa shape index (κ1) is 23.2. The summed E-state index contributed by atoms with van der Waals surface area (Å²) < 4.78 is 24.0. The van der Waals surface area contributed by atoms with Crippen molar-refractivity contribution in [1.29, 1.82) is 0 Å². The van der Waals surface area contributed by atoms with Gasteiger partial charge in [0.1, 0.15) is 5.82 Å². The van der Waals surface area contributed by atoms with Gasteiger partial charge in [-0.2, -0.15) is 0 Å². The zero-order chi connectivity index (χ0) is 24.6. The van der Waals surface area contributed by atoms with E-state index in [1.807, 2.05) is 12.1 Å². The second-order valence-electron chi connectivity index (χ2n) is 9.08. The Bertz CT molecular complexity index is 1410. The number of likely N-dealkylation sites (tertiary alicyclic amines) is 1. The molecule has 35 heavy (non-hydrogen) atoms. The summed E-state index contributed by atoms with van der Waals surface area (Å²) in [5, 5.41) is 7.19. The lowest BCUT2D eigenvalue weighted by atomic mass is 9.89. The van der Waals surface area contributed by atoms with E-state index in [-0.39, 0.29) is 10.8 Å². The molecule has 1 saturated heterocycles. The Morgan fingerprint density at radius 3 is 2.51 bits per heavy atom. The van der Waals surface area contributed by atoms with Gasteiger partial charge in [-0.1, -0.05) is 12.1 Å². The minimum Gasteiger partial charge on any atom is -0.340 e. The lowest BCUT2D eigenvalue weighted by Crippen LogP contribution is -2.29. The maximum absolute atomic E-state index is 12.6. The van der Waals surface area contributed by atoms with Crippen molar-refractivity contribution in [3.63, 3.8) is 0 Å². The molecule has 1 aromatic carbocycles. The number of piperidine rings is 1. The Morgan fingerprint density at radius 1 is 1.06 bits per heavy atom. The third kappa shape index (κ3) is 4.96. The van der Waals surface area contributed by atoms with Crippen LogP contribution in [0.1, 0.15) is 40.2 Å². The van der Waals surface area contributed by atoms with Crippen LogP contribution in [-0.4, -0.2) is 55.6 Å². The van der Waals surface area contributed by atoms with Crippen molar-refractivity contribution >= 4 is 33.3 Å². The van der Waals surface area contributed by atoms with Gasteiger partial charge in [-0.3, -0.25) is 9.78 Å². The number of rotatable bonds is 5. The molecule has 8 nitrogen and oxygen atoms in total. The number of benzene rings is 1. The molecule has 4 heterocycles. The molecule has 1 N–H and O–H groups in total. The van der Waals surface area contributed by atoms with Crippen LogP contribution in [0.2, 0.25) is 0 Å². The van der Waals surface area contributed by atoms with Crippen LogP contribution in [0.15, 0.2) is 59.9 Å². The summed E-state index contributed by atoms with van der Waals surface area (Å²) in [4.78, 5) is 23.8. The SMILES string of the molecule is CN1CCC(c2ccc(Nc3nc(-c4cncc(S(C)(=O)=O)c4)cc4c3C(=O)[N]C=C4)cc2)CC1. The summed E-state index contributed by atoms with van der Waals surface area (Å²) >= 11 is 0. The molecule has 9 heteroatoms. The van der Waals surface area contributed by atoms with Crippen LogP contribution in [0.25, 0.3) is 17.3 Å². The largest absolute Gasteiger partial charge is 0.340 e. The van der Waals surface area contributed by atoms with Crippen LogP contribution >= 0.6 is 0 Å². The number of fused-ring (bicyclic) bond motifs is 1. The summed E-state index contributed by atoms with van der Waals surface area (Å²) in [7, 11) is -1.27. The molecule has 0 unspecified atom stereocenters. The van der Waals surface area contributed by atoms with E-state index in [2.05, 4.69) is 44.7 Å². The van der Waals surface area contributed by atoms with Gasteiger partial charge in [-0.25, -0.2) is 18.7 Å². The molecule has 1 amide bonds. The van der Waals surface area contributed by atoms with Gasteiger partial charge in [0.05, 0.1) is 16.2 Å². The molecule has 0 saturated carbocycles. The quantitative estimate of drug-likeness (QED) is 0.582. The van der Waals surface area contributed by atoms with Gasteiger partial charge in [-0.05, 0) is 80.4 Å². The summed E-state index contributed by atoms with van der Waals surface area (Å²) in [5.74, 6) is 0.539. The molecule has 179 valence electrons. The van der Waals surface area contributed by atoms with Crippen molar-refractivity contribution < 1.29 is 13.2 Å². The molecule has 0 bridgehead atoms. The van der Waals surface area contributed by atoms with Crippen molar-refractivity contribution in [2.75, 3.05) is 31.7 Å². The highest BCUT2D eigenvalue weighted by molar-refractivity contribution is 7.90. The average Bonchev–Trinajstić information content (AvgIpc) is 2.84. The van der Waals surface area contributed by atoms with Crippen molar-refractivity contribution in [3.05, 3.63) is 71.7 Å². The number of amides is 1. The maximum Gasteiger partial charge on any atom is 0.281 e. The van der Waals surface area contributed by atoms with E-state index in [4.69, 9.17) is 0 Å². The molecule has 0 atom stereocenters. The lowest BCUT2D eigenvalue weighted by molar-refractivity contribution is 0.0965. The monoisotopic (exact) mass is 488 g/mol. The normalized spacial score (nSPS) is 16.6. The highest BCUT2D eigenvalue weighted by Crippen LogP contribution is 2.32. The Labute approximate surface area is 205 Å². The molecule has 0 aliphatic carbocycles. The number of pyridine rings is 2. The number of carbonyl (C=O) groups is 1. The number of nitrogens with one attached hydrogen (secondary N) is 1. The van der Waals surface area contributed by atoms with Gasteiger partial charge >= 0.3 is 0 Å². The Hall–Kier alpha value is -3.56. The predicted molar refractivity (Wildman–Crippen MR) is 135 cm³/mol. The van der Waals surface area contributed by atoms with Gasteiger partial charge in [0.2, 0.25) is 0 Å². The molecular weight excluding hydrogens is 462 g/mol. The number of carbonyl (C=O) groups excluding carboxylic acids is 1. The fourth-order valence-corrected chi connectivity index (χ4v) is 5.08. The highest BCUT2D eigenvalue weighted by atomic mass is 32.2. The molecular formula is C26H26N5O3S. The van der Waals surface area contributed by atoms with E-state index in [0.29, 0.717) is 34.1 Å². The summed E-state index contributed by atoms with van der Waals surface area (Å²) in [6, 6.07) is 11.5. The van der Waals surface area contributed by atoms with E-state index in [9.17, 15) is 13.2 Å². The fraction of sp³-hybridized carbons (Fsp3) is 0.269. The van der Waals surface area contributed by atoms with Gasteiger partial charge in [0.25, 0.3) is 5.91 Å². The zero-order valence-electron chi connectivity index (χ0n) is 19.6.